The molecule has 0 unspecified atom stereocenters. The summed E-state index contributed by atoms with van der Waals surface area (Å²) in [5, 5.41) is 3.02. The summed E-state index contributed by atoms with van der Waals surface area (Å²) in [6.07, 6.45) is 0. The van der Waals surface area contributed by atoms with Crippen LogP contribution in [0.2, 0.25) is 0 Å². The van der Waals surface area contributed by atoms with Crippen molar-refractivity contribution in [3.05, 3.63) is 95.9 Å². The molecule has 1 N–H and O–H groups in total. The van der Waals surface area contributed by atoms with Gasteiger partial charge in [-0.05, 0) is 60.0 Å². The molecule has 1 aliphatic rings. The number of rotatable bonds is 7. The van der Waals surface area contributed by atoms with Crippen molar-refractivity contribution in [3.63, 3.8) is 0 Å². The molecule has 3 aromatic rings. The van der Waals surface area contributed by atoms with Gasteiger partial charge in [-0.15, -0.1) is 0 Å². The third-order valence-corrected chi connectivity index (χ3v) is 4.94. The summed E-state index contributed by atoms with van der Waals surface area (Å²) in [5.74, 6) is -0.214. The van der Waals surface area contributed by atoms with Crippen molar-refractivity contribution in [3.8, 4) is 5.75 Å². The largest absolute Gasteiger partial charge is 0.493 e. The van der Waals surface area contributed by atoms with E-state index in [1.165, 1.54) is 24.3 Å². The number of nitrogens with one attached hydrogen (secondary N) is 1. The van der Waals surface area contributed by atoms with E-state index in [4.69, 9.17) is 4.74 Å². The third kappa shape index (κ3) is 4.39. The van der Waals surface area contributed by atoms with E-state index < -0.39 is 11.8 Å². The second kappa shape index (κ2) is 9.06. The molecule has 0 fully saturated rings. The van der Waals surface area contributed by atoms with Crippen molar-refractivity contribution in [2.24, 2.45) is 5.92 Å². The lowest BCUT2D eigenvalue weighted by Gasteiger charge is -2.15. The molecule has 5 nitrogen and oxygen atoms in total. The molecule has 3 aromatic carbocycles. The van der Waals surface area contributed by atoms with Crippen LogP contribution in [0.3, 0.4) is 0 Å². The quantitative estimate of drug-likeness (QED) is 0.520. The van der Waals surface area contributed by atoms with E-state index in [1.54, 1.807) is 48.5 Å². The summed E-state index contributed by atoms with van der Waals surface area (Å²) in [7, 11) is 0. The molecule has 0 bridgehead atoms. The number of halogens is 1. The Bertz CT molecular complexity index is 1150. The van der Waals surface area contributed by atoms with Crippen molar-refractivity contribution >= 4 is 28.8 Å². The van der Waals surface area contributed by atoms with E-state index in [0.29, 0.717) is 35.2 Å². The Labute approximate surface area is 186 Å². The first-order chi connectivity index (χ1) is 15.4. The fourth-order valence-electron chi connectivity index (χ4n) is 3.38. The average molecular weight is 430 g/mol. The molecule has 2 amide bonds. The molecule has 0 spiro atoms. The average Bonchev–Trinajstić information content (AvgIpc) is 3.04. The number of ether oxygens (including phenoxy) is 1. The summed E-state index contributed by atoms with van der Waals surface area (Å²) in [5.41, 5.74) is 1.96. The zero-order valence-electron chi connectivity index (χ0n) is 17.8. The van der Waals surface area contributed by atoms with Crippen LogP contribution in [0.15, 0.2) is 84.6 Å². The SMILES string of the molecule is CC(C)COc1ccc(C2=C(Nc3ccc(F)cc3)C(=O)N(c3ccccc3)C2=O)cc1. The third-order valence-electron chi connectivity index (χ3n) is 4.94. The van der Waals surface area contributed by atoms with Crippen LogP contribution in [0.4, 0.5) is 15.8 Å². The molecule has 0 atom stereocenters. The zero-order chi connectivity index (χ0) is 22.7. The van der Waals surface area contributed by atoms with Gasteiger partial charge in [-0.2, -0.15) is 0 Å². The molecule has 0 saturated carbocycles. The molecule has 6 heteroatoms. The highest BCUT2D eigenvalue weighted by atomic mass is 19.1. The van der Waals surface area contributed by atoms with Gasteiger partial charge < -0.3 is 10.1 Å². The van der Waals surface area contributed by atoms with E-state index in [9.17, 15) is 14.0 Å². The topological polar surface area (TPSA) is 58.6 Å². The predicted octanol–water partition coefficient (Wildman–Crippen LogP) is 5.26. The molecule has 32 heavy (non-hydrogen) atoms. The van der Waals surface area contributed by atoms with Gasteiger partial charge in [0.25, 0.3) is 11.8 Å². The second-order valence-corrected chi connectivity index (χ2v) is 7.89. The van der Waals surface area contributed by atoms with Gasteiger partial charge in [-0.3, -0.25) is 9.59 Å². The standard InChI is InChI=1S/C26H23FN2O3/c1-17(2)16-32-22-14-8-18(9-15-22)23-24(28-20-12-10-19(27)11-13-20)26(31)29(25(23)30)21-6-4-3-5-7-21/h3-15,17,28H,16H2,1-2H3. The van der Waals surface area contributed by atoms with E-state index in [2.05, 4.69) is 19.2 Å². The highest BCUT2D eigenvalue weighted by molar-refractivity contribution is 6.46. The van der Waals surface area contributed by atoms with Gasteiger partial charge in [-0.25, -0.2) is 9.29 Å². The maximum absolute atomic E-state index is 13.4. The number of nitrogens with zero attached hydrogens (tertiary/aromatic N) is 1. The maximum Gasteiger partial charge on any atom is 0.282 e. The smallest absolute Gasteiger partial charge is 0.282 e. The number of hydrogen-bond acceptors (Lipinski definition) is 4. The number of imide groups is 1. The molecule has 0 aliphatic carbocycles. The number of carbonyl (C=O) groups is 2. The lowest BCUT2D eigenvalue weighted by atomic mass is 10.0. The molecule has 4 rings (SSSR count). The van der Waals surface area contributed by atoms with Crippen molar-refractivity contribution in [2.75, 3.05) is 16.8 Å². The number of hydrogen-bond donors (Lipinski definition) is 1. The van der Waals surface area contributed by atoms with E-state index in [1.807, 2.05) is 6.07 Å². The Balaban J connectivity index is 1.72. The normalized spacial score (nSPS) is 13.8. The van der Waals surface area contributed by atoms with Crippen molar-refractivity contribution in [1.82, 2.24) is 0 Å². The first-order valence-electron chi connectivity index (χ1n) is 10.4. The fourth-order valence-corrected chi connectivity index (χ4v) is 3.38. The van der Waals surface area contributed by atoms with Crippen LogP contribution in [0.1, 0.15) is 19.4 Å². The van der Waals surface area contributed by atoms with Gasteiger partial charge in [-0.1, -0.05) is 44.2 Å². The van der Waals surface area contributed by atoms with Crippen molar-refractivity contribution in [1.29, 1.82) is 0 Å². The van der Waals surface area contributed by atoms with Gasteiger partial charge >= 0.3 is 0 Å². The molecule has 0 radical (unpaired) electrons. The Morgan fingerprint density at radius 3 is 2.16 bits per heavy atom. The van der Waals surface area contributed by atoms with E-state index >= 15 is 0 Å². The van der Waals surface area contributed by atoms with Crippen LogP contribution in [-0.4, -0.2) is 18.4 Å². The Kier molecular flexibility index (Phi) is 6.03. The van der Waals surface area contributed by atoms with Crippen LogP contribution >= 0.6 is 0 Å². The van der Waals surface area contributed by atoms with Crippen LogP contribution in [0.5, 0.6) is 5.75 Å². The van der Waals surface area contributed by atoms with Gasteiger partial charge in [0.2, 0.25) is 0 Å². The van der Waals surface area contributed by atoms with Crippen molar-refractivity contribution < 1.29 is 18.7 Å². The minimum atomic E-state index is -0.472. The van der Waals surface area contributed by atoms with Crippen LogP contribution < -0.4 is 15.0 Å². The lowest BCUT2D eigenvalue weighted by molar-refractivity contribution is -0.120. The zero-order valence-corrected chi connectivity index (χ0v) is 17.8. The summed E-state index contributed by atoms with van der Waals surface area (Å²) in [4.78, 5) is 27.8. The van der Waals surface area contributed by atoms with E-state index in [-0.39, 0.29) is 17.1 Å². The van der Waals surface area contributed by atoms with Gasteiger partial charge in [0.05, 0.1) is 17.9 Å². The predicted molar refractivity (Wildman–Crippen MR) is 123 cm³/mol. The number of amides is 2. The summed E-state index contributed by atoms with van der Waals surface area (Å²) >= 11 is 0. The lowest BCUT2D eigenvalue weighted by Crippen LogP contribution is -2.32. The first kappa shape index (κ1) is 21.3. The summed E-state index contributed by atoms with van der Waals surface area (Å²) in [6, 6.07) is 21.5. The van der Waals surface area contributed by atoms with Crippen LogP contribution in [0.25, 0.3) is 5.57 Å². The van der Waals surface area contributed by atoms with Gasteiger partial charge in [0.15, 0.2) is 0 Å². The molecular formula is C26H23FN2O3. The minimum Gasteiger partial charge on any atom is -0.493 e. The first-order valence-corrected chi connectivity index (χ1v) is 10.4. The molecule has 162 valence electrons. The molecule has 0 aromatic heterocycles. The van der Waals surface area contributed by atoms with Crippen LogP contribution in [0, 0.1) is 11.7 Å². The number of para-hydroxylation sites is 1. The number of anilines is 2. The van der Waals surface area contributed by atoms with Crippen LogP contribution in [-0.2, 0) is 9.59 Å². The van der Waals surface area contributed by atoms with Gasteiger partial charge in [0.1, 0.15) is 17.3 Å². The Morgan fingerprint density at radius 2 is 1.53 bits per heavy atom. The number of benzene rings is 3. The highest BCUT2D eigenvalue weighted by Crippen LogP contribution is 2.34. The molecular weight excluding hydrogens is 407 g/mol. The number of carbonyl (C=O) groups excluding carboxylic acids is 2. The summed E-state index contributed by atoms with van der Waals surface area (Å²) < 4.78 is 19.1. The Morgan fingerprint density at radius 1 is 0.875 bits per heavy atom. The van der Waals surface area contributed by atoms with E-state index in [0.717, 1.165) is 4.90 Å². The fraction of sp³-hybridized carbons (Fsp3) is 0.154. The summed E-state index contributed by atoms with van der Waals surface area (Å²) in [6.45, 7) is 4.71. The molecule has 0 saturated heterocycles. The minimum absolute atomic E-state index is 0.140. The maximum atomic E-state index is 13.4. The molecule has 1 aliphatic heterocycles. The molecule has 1 heterocycles. The van der Waals surface area contributed by atoms with Crippen molar-refractivity contribution in [2.45, 2.75) is 13.8 Å². The van der Waals surface area contributed by atoms with Gasteiger partial charge in [0, 0.05) is 5.69 Å². The Hall–Kier alpha value is -3.93. The second-order valence-electron chi connectivity index (χ2n) is 7.89. The highest BCUT2D eigenvalue weighted by Gasteiger charge is 2.40. The monoisotopic (exact) mass is 430 g/mol.